The molecule has 1 saturated heterocycles. The Morgan fingerprint density at radius 1 is 1.69 bits per heavy atom. The molecule has 6 heteroatoms. The molecule has 0 spiro atoms. The molecule has 0 amide bonds. The predicted octanol–water partition coefficient (Wildman–Crippen LogP) is 1.11. The maximum atomic E-state index is 9.12. The molecule has 1 aromatic rings. The molecule has 1 aliphatic heterocycles. The van der Waals surface area contributed by atoms with Crippen LogP contribution in [-0.4, -0.2) is 42.4 Å². The van der Waals surface area contributed by atoms with Gasteiger partial charge in [0.2, 0.25) is 0 Å². The van der Waals surface area contributed by atoms with Crippen molar-refractivity contribution in [3.63, 3.8) is 0 Å². The first-order chi connectivity index (χ1) is 7.70. The number of anilines is 1. The SMILES string of the molecule is OCC1CN(c2cc(I)c(Cl)cn2)CCN1. The molecule has 88 valence electrons. The summed E-state index contributed by atoms with van der Waals surface area (Å²) in [6.07, 6.45) is 1.68. The van der Waals surface area contributed by atoms with E-state index in [1.165, 1.54) is 0 Å². The Hall–Kier alpha value is -0.110. The van der Waals surface area contributed by atoms with Crippen LogP contribution in [0.2, 0.25) is 5.02 Å². The highest BCUT2D eigenvalue weighted by atomic mass is 127. The molecule has 0 bridgehead atoms. The van der Waals surface area contributed by atoms with Gasteiger partial charge in [0.05, 0.1) is 11.6 Å². The first kappa shape index (κ1) is 12.3. The smallest absolute Gasteiger partial charge is 0.129 e. The lowest BCUT2D eigenvalue weighted by molar-refractivity contribution is 0.235. The fourth-order valence-corrected chi connectivity index (χ4v) is 2.25. The highest BCUT2D eigenvalue weighted by molar-refractivity contribution is 14.1. The minimum atomic E-state index is 0.129. The standard InChI is InChI=1S/C10H13ClIN3O/c11-8-4-14-10(3-9(8)12)15-2-1-13-7(5-15)6-16/h3-4,7,13,16H,1-2,5-6H2. The van der Waals surface area contributed by atoms with Crippen molar-refractivity contribution in [3.05, 3.63) is 20.9 Å². The topological polar surface area (TPSA) is 48.4 Å². The van der Waals surface area contributed by atoms with Crippen LogP contribution in [0.4, 0.5) is 5.82 Å². The Morgan fingerprint density at radius 3 is 3.19 bits per heavy atom. The van der Waals surface area contributed by atoms with Gasteiger partial charge in [0.1, 0.15) is 5.82 Å². The van der Waals surface area contributed by atoms with Crippen LogP contribution in [0.1, 0.15) is 0 Å². The van der Waals surface area contributed by atoms with Crippen molar-refractivity contribution in [2.75, 3.05) is 31.1 Å². The van der Waals surface area contributed by atoms with Crippen LogP contribution in [0.25, 0.3) is 0 Å². The molecular weight excluding hydrogens is 340 g/mol. The van der Waals surface area contributed by atoms with Crippen molar-refractivity contribution in [2.45, 2.75) is 6.04 Å². The third-order valence-electron chi connectivity index (χ3n) is 2.59. The Bertz CT molecular complexity index is 377. The number of piperazine rings is 1. The molecule has 4 nitrogen and oxygen atoms in total. The van der Waals surface area contributed by atoms with Gasteiger partial charge >= 0.3 is 0 Å². The van der Waals surface area contributed by atoms with Crippen molar-refractivity contribution >= 4 is 40.0 Å². The minimum absolute atomic E-state index is 0.129. The van der Waals surface area contributed by atoms with Gasteiger partial charge in [0, 0.05) is 35.4 Å². The van der Waals surface area contributed by atoms with E-state index in [0.717, 1.165) is 29.0 Å². The van der Waals surface area contributed by atoms with E-state index in [0.29, 0.717) is 5.02 Å². The monoisotopic (exact) mass is 353 g/mol. The minimum Gasteiger partial charge on any atom is -0.395 e. The van der Waals surface area contributed by atoms with Crippen molar-refractivity contribution in [1.82, 2.24) is 10.3 Å². The summed E-state index contributed by atoms with van der Waals surface area (Å²) in [5.41, 5.74) is 0. The number of nitrogens with zero attached hydrogens (tertiary/aromatic N) is 2. The highest BCUT2D eigenvalue weighted by Crippen LogP contribution is 2.22. The van der Waals surface area contributed by atoms with Crippen LogP contribution in [0.15, 0.2) is 12.3 Å². The third-order valence-corrected chi connectivity index (χ3v) is 4.11. The molecule has 1 fully saturated rings. The number of hydrogen-bond donors (Lipinski definition) is 2. The zero-order valence-electron chi connectivity index (χ0n) is 8.66. The first-order valence-corrected chi connectivity index (χ1v) is 6.56. The lowest BCUT2D eigenvalue weighted by atomic mass is 10.2. The Labute approximate surface area is 113 Å². The quantitative estimate of drug-likeness (QED) is 0.782. The number of aromatic nitrogens is 1. The van der Waals surface area contributed by atoms with Crippen molar-refractivity contribution in [3.8, 4) is 0 Å². The number of aliphatic hydroxyl groups excluding tert-OH is 1. The lowest BCUT2D eigenvalue weighted by Gasteiger charge is -2.33. The second-order valence-electron chi connectivity index (χ2n) is 3.74. The van der Waals surface area contributed by atoms with Gasteiger partial charge in [-0.2, -0.15) is 0 Å². The summed E-state index contributed by atoms with van der Waals surface area (Å²) >= 11 is 8.13. The average molecular weight is 354 g/mol. The largest absolute Gasteiger partial charge is 0.395 e. The fraction of sp³-hybridized carbons (Fsp3) is 0.500. The van der Waals surface area contributed by atoms with E-state index < -0.39 is 0 Å². The molecule has 1 unspecified atom stereocenters. The molecule has 0 radical (unpaired) electrons. The molecule has 2 N–H and O–H groups in total. The molecule has 0 aliphatic carbocycles. The number of rotatable bonds is 2. The lowest BCUT2D eigenvalue weighted by Crippen LogP contribution is -2.52. The Morgan fingerprint density at radius 2 is 2.50 bits per heavy atom. The van der Waals surface area contributed by atoms with E-state index in [9.17, 15) is 0 Å². The maximum Gasteiger partial charge on any atom is 0.129 e. The number of aliphatic hydroxyl groups is 1. The molecular formula is C10H13ClIN3O. The third kappa shape index (κ3) is 2.77. The molecule has 2 heterocycles. The van der Waals surface area contributed by atoms with E-state index in [2.05, 4.69) is 37.8 Å². The summed E-state index contributed by atoms with van der Waals surface area (Å²) < 4.78 is 1.00. The molecule has 1 atom stereocenters. The van der Waals surface area contributed by atoms with Gasteiger partial charge in [-0.05, 0) is 28.7 Å². The van der Waals surface area contributed by atoms with Crippen LogP contribution in [0.3, 0.4) is 0 Å². The van der Waals surface area contributed by atoms with E-state index in [-0.39, 0.29) is 12.6 Å². The predicted molar refractivity (Wildman–Crippen MR) is 73.1 cm³/mol. The van der Waals surface area contributed by atoms with Gasteiger partial charge in [-0.25, -0.2) is 4.98 Å². The summed E-state index contributed by atoms with van der Waals surface area (Å²) in [5, 5.41) is 13.0. The van der Waals surface area contributed by atoms with E-state index in [4.69, 9.17) is 16.7 Å². The zero-order chi connectivity index (χ0) is 11.5. The molecule has 0 aromatic carbocycles. The summed E-state index contributed by atoms with van der Waals surface area (Å²) in [4.78, 5) is 6.47. The second kappa shape index (κ2) is 5.48. The number of halogens is 2. The van der Waals surface area contributed by atoms with Gasteiger partial charge in [-0.15, -0.1) is 0 Å². The Balaban J connectivity index is 2.13. The van der Waals surface area contributed by atoms with Crippen molar-refractivity contribution < 1.29 is 5.11 Å². The van der Waals surface area contributed by atoms with E-state index in [1.807, 2.05) is 6.07 Å². The summed E-state index contributed by atoms with van der Waals surface area (Å²) in [6, 6.07) is 2.10. The van der Waals surface area contributed by atoms with Crippen molar-refractivity contribution in [1.29, 1.82) is 0 Å². The van der Waals surface area contributed by atoms with Gasteiger partial charge in [0.25, 0.3) is 0 Å². The summed E-state index contributed by atoms with van der Waals surface area (Å²) in [7, 11) is 0. The van der Waals surface area contributed by atoms with E-state index in [1.54, 1.807) is 6.20 Å². The van der Waals surface area contributed by atoms with Gasteiger partial charge < -0.3 is 15.3 Å². The van der Waals surface area contributed by atoms with Gasteiger partial charge in [-0.3, -0.25) is 0 Å². The second-order valence-corrected chi connectivity index (χ2v) is 5.31. The van der Waals surface area contributed by atoms with Crippen LogP contribution in [-0.2, 0) is 0 Å². The average Bonchev–Trinajstić information content (AvgIpc) is 2.33. The number of nitrogens with one attached hydrogen (secondary N) is 1. The molecule has 0 saturated carbocycles. The summed E-state index contributed by atoms with van der Waals surface area (Å²) in [5.74, 6) is 0.925. The first-order valence-electron chi connectivity index (χ1n) is 5.11. The number of pyridine rings is 1. The van der Waals surface area contributed by atoms with Crippen LogP contribution < -0.4 is 10.2 Å². The molecule has 16 heavy (non-hydrogen) atoms. The number of hydrogen-bond acceptors (Lipinski definition) is 4. The van der Waals surface area contributed by atoms with Crippen molar-refractivity contribution in [2.24, 2.45) is 0 Å². The van der Waals surface area contributed by atoms with Crippen LogP contribution in [0, 0.1) is 3.57 Å². The van der Waals surface area contributed by atoms with Gasteiger partial charge in [0.15, 0.2) is 0 Å². The molecule has 1 aromatic heterocycles. The Kier molecular flexibility index (Phi) is 4.23. The summed E-state index contributed by atoms with van der Waals surface area (Å²) in [6.45, 7) is 2.70. The van der Waals surface area contributed by atoms with E-state index >= 15 is 0 Å². The van der Waals surface area contributed by atoms with Crippen LogP contribution >= 0.6 is 34.2 Å². The fourth-order valence-electron chi connectivity index (χ4n) is 1.73. The maximum absolute atomic E-state index is 9.12. The van der Waals surface area contributed by atoms with Crippen LogP contribution in [0.5, 0.6) is 0 Å². The normalized spacial score (nSPS) is 21.2. The zero-order valence-corrected chi connectivity index (χ0v) is 11.6. The van der Waals surface area contributed by atoms with Gasteiger partial charge in [-0.1, -0.05) is 11.6 Å². The molecule has 2 rings (SSSR count). The molecule has 1 aliphatic rings. The highest BCUT2D eigenvalue weighted by Gasteiger charge is 2.19.